The average molecular weight is 366 g/mol. The Balaban J connectivity index is 0. The first-order chi connectivity index (χ1) is 7.87. The van der Waals surface area contributed by atoms with Crippen molar-refractivity contribution in [3.05, 3.63) is 0 Å². The smallest absolute Gasteiger partial charge is 0.211 e. The first-order valence-corrected chi connectivity index (χ1v) is 8.23. The van der Waals surface area contributed by atoms with Crippen molar-refractivity contribution in [1.29, 1.82) is 0 Å². The van der Waals surface area contributed by atoms with Crippen LogP contribution in [0.25, 0.3) is 0 Å². The molecule has 0 aromatic heterocycles. The van der Waals surface area contributed by atoms with Crippen LogP contribution in [0.15, 0.2) is 0 Å². The average Bonchev–Trinajstić information content (AvgIpc) is 1.93. The molecule has 0 rings (SSSR count). The summed E-state index contributed by atoms with van der Waals surface area (Å²) in [5.74, 6) is 0. The molecular formula is C3H3F6LiNO6S3. The molecule has 0 aromatic carbocycles. The summed E-state index contributed by atoms with van der Waals surface area (Å²) >= 11 is 0. The molecule has 0 bridgehead atoms. The van der Waals surface area contributed by atoms with Gasteiger partial charge < -0.3 is 0 Å². The second-order valence-corrected chi connectivity index (χ2v) is 8.88. The Kier molecular flexibility index (Phi) is 6.29. The van der Waals surface area contributed by atoms with Gasteiger partial charge in [-0.25, -0.2) is 25.3 Å². The van der Waals surface area contributed by atoms with Gasteiger partial charge in [0.15, 0.2) is 0 Å². The van der Waals surface area contributed by atoms with Gasteiger partial charge in [-0.05, 0) is 0 Å². The first-order valence-electron chi connectivity index (χ1n) is 3.50. The van der Waals surface area contributed by atoms with Gasteiger partial charge in [0.2, 0.25) is 10.0 Å². The Morgan fingerprint density at radius 2 is 0.900 bits per heavy atom. The number of hydrogen-bond acceptors (Lipinski definition) is 6. The third kappa shape index (κ3) is 4.01. The number of halogens is 6. The second-order valence-electron chi connectivity index (χ2n) is 2.80. The SMILES string of the molecule is CS(=O)(=O)N(S(=O)(=O)C(F)(F)F)S(=O)(=O)C(F)(F)F.[Li]. The Bertz CT molecular complexity index is 614. The number of rotatable bonds is 3. The van der Waals surface area contributed by atoms with Gasteiger partial charge in [-0.1, -0.05) is 0 Å². The Labute approximate surface area is 121 Å². The molecule has 0 unspecified atom stereocenters. The molecule has 20 heavy (non-hydrogen) atoms. The van der Waals surface area contributed by atoms with E-state index in [0.717, 1.165) is 0 Å². The van der Waals surface area contributed by atoms with Crippen molar-refractivity contribution < 1.29 is 51.6 Å². The van der Waals surface area contributed by atoms with E-state index in [1.807, 2.05) is 0 Å². The molecule has 0 aliphatic heterocycles. The maximum absolute atomic E-state index is 12.0. The predicted molar refractivity (Wildman–Crippen MR) is 52.4 cm³/mol. The molecular weight excluding hydrogens is 363 g/mol. The van der Waals surface area contributed by atoms with E-state index in [-0.39, 0.29) is 18.9 Å². The molecule has 0 amide bonds. The van der Waals surface area contributed by atoms with E-state index in [4.69, 9.17) is 0 Å². The van der Waals surface area contributed by atoms with E-state index in [1.54, 1.807) is 0 Å². The third-order valence-electron chi connectivity index (χ3n) is 1.25. The molecule has 0 atom stereocenters. The molecule has 7 nitrogen and oxygen atoms in total. The molecule has 0 saturated heterocycles. The molecule has 0 aromatic rings. The van der Waals surface area contributed by atoms with Crippen molar-refractivity contribution in [2.75, 3.05) is 6.26 Å². The van der Waals surface area contributed by atoms with Gasteiger partial charge in [-0.15, -0.1) is 0 Å². The maximum Gasteiger partial charge on any atom is 0.513 e. The van der Waals surface area contributed by atoms with Crippen LogP contribution in [0.5, 0.6) is 0 Å². The van der Waals surface area contributed by atoms with Crippen LogP contribution < -0.4 is 0 Å². The molecule has 17 heteroatoms. The van der Waals surface area contributed by atoms with Crippen LogP contribution in [0.3, 0.4) is 0 Å². The van der Waals surface area contributed by atoms with Crippen LogP contribution in [-0.4, -0.2) is 64.5 Å². The van der Waals surface area contributed by atoms with Gasteiger partial charge in [0.05, 0.1) is 6.26 Å². The Morgan fingerprint density at radius 1 is 0.700 bits per heavy atom. The van der Waals surface area contributed by atoms with Crippen LogP contribution in [0, 0.1) is 0 Å². The van der Waals surface area contributed by atoms with Gasteiger partial charge in [-0.3, -0.25) is 0 Å². The fraction of sp³-hybridized carbons (Fsp3) is 1.00. The van der Waals surface area contributed by atoms with Crippen molar-refractivity contribution in [3.63, 3.8) is 0 Å². The fourth-order valence-corrected chi connectivity index (χ4v) is 5.89. The van der Waals surface area contributed by atoms with E-state index < -0.39 is 50.5 Å². The number of sulfonamides is 3. The molecule has 0 heterocycles. The monoisotopic (exact) mass is 366 g/mol. The summed E-state index contributed by atoms with van der Waals surface area (Å²) in [6.45, 7) is 0. The minimum atomic E-state index is -7.30. The predicted octanol–water partition coefficient (Wildman–Crippen LogP) is -0.434. The first kappa shape index (κ1) is 22.3. The number of nitrogens with zero attached hydrogens (tertiary/aromatic N) is 1. The Morgan fingerprint density at radius 3 is 1.00 bits per heavy atom. The summed E-state index contributed by atoms with van der Waals surface area (Å²) in [4.78, 5) is 0. The van der Waals surface area contributed by atoms with Gasteiger partial charge in [0.25, 0.3) is 0 Å². The number of alkyl halides is 6. The fourth-order valence-electron chi connectivity index (χ4n) is 0.655. The maximum atomic E-state index is 12.0. The Hall–Kier alpha value is -0.0126. The standard InChI is InChI=1S/C3H3F6NO6S3.Li/c1-17(11,12)10(18(13,14)2(4,5)6)19(15,16)3(7,8)9;/h1H3;. The molecule has 1 radical (unpaired) electrons. The van der Waals surface area contributed by atoms with Crippen LogP contribution in [0.2, 0.25) is 0 Å². The van der Waals surface area contributed by atoms with Crippen LogP contribution in [0.4, 0.5) is 26.3 Å². The second kappa shape index (κ2) is 5.65. The topological polar surface area (TPSA) is 106 Å². The molecule has 0 fully saturated rings. The van der Waals surface area contributed by atoms with Crippen molar-refractivity contribution >= 4 is 48.9 Å². The molecule has 0 aliphatic rings. The van der Waals surface area contributed by atoms with Gasteiger partial charge in [0.1, 0.15) is 0 Å². The zero-order valence-corrected chi connectivity index (χ0v) is 11.8. The zero-order chi connectivity index (χ0) is 16.1. The summed E-state index contributed by atoms with van der Waals surface area (Å²) in [7, 11) is -20.5. The molecule has 0 N–H and O–H groups in total. The van der Waals surface area contributed by atoms with E-state index in [0.29, 0.717) is 0 Å². The zero-order valence-electron chi connectivity index (χ0n) is 9.39. The molecule has 0 saturated carbocycles. The summed E-state index contributed by atoms with van der Waals surface area (Å²) in [5, 5.41) is 0. The van der Waals surface area contributed by atoms with Crippen LogP contribution in [-0.2, 0) is 30.1 Å². The van der Waals surface area contributed by atoms with Gasteiger partial charge >= 0.3 is 31.1 Å². The molecule has 0 aliphatic carbocycles. The molecule has 0 spiro atoms. The summed E-state index contributed by atoms with van der Waals surface area (Å²) in [5.41, 5.74) is -13.1. The van der Waals surface area contributed by atoms with E-state index >= 15 is 0 Å². The van der Waals surface area contributed by atoms with Crippen LogP contribution in [0.1, 0.15) is 0 Å². The molecule has 117 valence electrons. The van der Waals surface area contributed by atoms with Crippen molar-refractivity contribution in [3.8, 4) is 0 Å². The summed E-state index contributed by atoms with van der Waals surface area (Å²) in [6.07, 6.45) is -0.445. The van der Waals surface area contributed by atoms with Gasteiger partial charge in [0, 0.05) is 22.0 Å². The minimum absolute atomic E-state index is 0. The quantitative estimate of drug-likeness (QED) is 0.496. The van der Waals surface area contributed by atoms with Crippen molar-refractivity contribution in [2.45, 2.75) is 11.0 Å². The van der Waals surface area contributed by atoms with E-state index in [9.17, 15) is 51.6 Å². The van der Waals surface area contributed by atoms with E-state index in [1.165, 1.54) is 0 Å². The van der Waals surface area contributed by atoms with Crippen molar-refractivity contribution in [1.82, 2.24) is 3.12 Å². The van der Waals surface area contributed by atoms with Crippen LogP contribution >= 0.6 is 0 Å². The van der Waals surface area contributed by atoms with E-state index in [2.05, 4.69) is 0 Å². The van der Waals surface area contributed by atoms with Crippen molar-refractivity contribution in [2.24, 2.45) is 0 Å². The normalized spacial score (nSPS) is 15.0. The largest absolute Gasteiger partial charge is 0.513 e. The summed E-state index contributed by atoms with van der Waals surface area (Å²) < 4.78 is 133. The minimum Gasteiger partial charge on any atom is -0.211 e. The van der Waals surface area contributed by atoms with Gasteiger partial charge in [-0.2, -0.15) is 26.3 Å². The third-order valence-corrected chi connectivity index (χ3v) is 7.72. The summed E-state index contributed by atoms with van der Waals surface area (Å²) in [6, 6.07) is 0. The number of hydrogen-bond donors (Lipinski definition) is 0.